The zero-order valence-corrected chi connectivity index (χ0v) is 37.6. The first-order valence-corrected chi connectivity index (χ1v) is 24.4. The Hall–Kier alpha value is -1.62. The van der Waals surface area contributed by atoms with Crippen LogP contribution in [-0.4, -0.2) is 77.6 Å². The van der Waals surface area contributed by atoms with Crippen LogP contribution in [0.15, 0.2) is 12.1 Å². The maximum absolute atomic E-state index is 10.6. The molecule has 0 amide bonds. The van der Waals surface area contributed by atoms with Crippen molar-refractivity contribution >= 4 is 0 Å². The van der Waals surface area contributed by atoms with E-state index in [1.165, 1.54) is 154 Å². The van der Waals surface area contributed by atoms with Crippen molar-refractivity contribution in [1.82, 2.24) is 0 Å². The number of benzene rings is 1. The first-order chi connectivity index (χ1) is 28.5. The Kier molecular flexibility index (Phi) is 32.7. The molecule has 0 spiro atoms. The third kappa shape index (κ3) is 24.0. The van der Waals surface area contributed by atoms with Crippen LogP contribution in [0.2, 0.25) is 0 Å². The Morgan fingerprint density at radius 2 is 0.793 bits per heavy atom. The van der Waals surface area contributed by atoms with Gasteiger partial charge in [0.25, 0.3) is 0 Å². The van der Waals surface area contributed by atoms with Crippen LogP contribution in [0, 0.1) is 0 Å². The molecule has 9 heteroatoms. The minimum atomic E-state index is -1.50. The van der Waals surface area contributed by atoms with Crippen molar-refractivity contribution in [3.05, 3.63) is 17.7 Å². The zero-order valence-electron chi connectivity index (χ0n) is 37.6. The summed E-state index contributed by atoms with van der Waals surface area (Å²) >= 11 is 0. The molecule has 1 aromatic carbocycles. The number of aliphatic hydroxyl groups is 4. The molecule has 0 radical (unpaired) electrons. The summed E-state index contributed by atoms with van der Waals surface area (Å²) in [6.07, 6.45) is 30.9. The van der Waals surface area contributed by atoms with Gasteiger partial charge in [0.15, 0.2) is 17.8 Å². The average molecular weight is 823 g/mol. The summed E-state index contributed by atoms with van der Waals surface area (Å²) in [4.78, 5) is 0. The quantitative estimate of drug-likeness (QED) is 0.0478. The van der Waals surface area contributed by atoms with Gasteiger partial charge >= 0.3 is 0 Å². The molecule has 0 unspecified atom stereocenters. The third-order valence-corrected chi connectivity index (χ3v) is 11.6. The maximum Gasteiger partial charge on any atom is 0.203 e. The van der Waals surface area contributed by atoms with Crippen molar-refractivity contribution in [1.29, 1.82) is 0 Å². The van der Waals surface area contributed by atoms with Gasteiger partial charge in [0.05, 0.1) is 33.0 Å². The van der Waals surface area contributed by atoms with Gasteiger partial charge in [-0.15, -0.1) is 0 Å². The van der Waals surface area contributed by atoms with E-state index in [1.807, 2.05) is 12.1 Å². The monoisotopic (exact) mass is 823 g/mol. The van der Waals surface area contributed by atoms with E-state index in [0.29, 0.717) is 37.1 Å². The molecule has 1 heterocycles. The van der Waals surface area contributed by atoms with Crippen LogP contribution in [0.4, 0.5) is 0 Å². The lowest BCUT2D eigenvalue weighted by Gasteiger charge is -2.39. The van der Waals surface area contributed by atoms with Gasteiger partial charge in [0.1, 0.15) is 24.4 Å². The molecule has 4 N–H and O–H groups in total. The highest BCUT2D eigenvalue weighted by atomic mass is 16.7. The molecule has 9 nitrogen and oxygen atoms in total. The summed E-state index contributed by atoms with van der Waals surface area (Å²) in [7, 11) is 0. The second-order valence-electron chi connectivity index (χ2n) is 17.0. The molecule has 58 heavy (non-hydrogen) atoms. The molecule has 0 aliphatic carbocycles. The van der Waals surface area contributed by atoms with Crippen molar-refractivity contribution in [2.24, 2.45) is 0 Å². The Morgan fingerprint density at radius 1 is 0.448 bits per heavy atom. The SMILES string of the molecule is CCCCCCCCCCCCOc1cc(CO[C@H]2O[C@H](CO)[C@@H](O)[C@H](O)[C@@H]2O)cc(OCCCCCCCCCCCC)c1OCCCCCCCCCCCC. The topological polar surface area (TPSA) is 127 Å². The first kappa shape index (κ1) is 52.5. The standard InChI is InChI=1S/C49H90O9/c1-4-7-10-13-16-19-22-25-28-31-34-54-42-37-41(40-57-49-47(53)46(52)45(51)44(39-50)58-49)38-43(55-35-32-29-26-23-20-17-14-11-8-5-2)48(42)56-36-33-30-27-24-21-18-15-12-9-6-3/h37-38,44-47,49-53H,4-36,39-40H2,1-3H3/t44-,45-,46+,47+,49+/m1/s1. The fourth-order valence-corrected chi connectivity index (χ4v) is 7.76. The van der Waals surface area contributed by atoms with E-state index in [0.717, 1.165) is 44.1 Å². The average Bonchev–Trinajstić information content (AvgIpc) is 3.23. The number of aliphatic hydroxyl groups excluding tert-OH is 4. The van der Waals surface area contributed by atoms with Gasteiger partial charge in [-0.25, -0.2) is 0 Å². The number of unbranched alkanes of at least 4 members (excludes halogenated alkanes) is 27. The van der Waals surface area contributed by atoms with Crippen LogP contribution in [0.25, 0.3) is 0 Å². The molecule has 1 saturated heterocycles. The van der Waals surface area contributed by atoms with E-state index in [-0.39, 0.29) is 6.61 Å². The van der Waals surface area contributed by atoms with E-state index in [9.17, 15) is 20.4 Å². The molecule has 2 rings (SSSR count). The number of hydrogen-bond acceptors (Lipinski definition) is 9. The summed E-state index contributed by atoms with van der Waals surface area (Å²) < 4.78 is 31.1. The van der Waals surface area contributed by atoms with Crippen molar-refractivity contribution in [2.75, 3.05) is 26.4 Å². The lowest BCUT2D eigenvalue weighted by molar-refractivity contribution is -0.304. The molecule has 1 fully saturated rings. The van der Waals surface area contributed by atoms with Crippen molar-refractivity contribution < 1.29 is 44.1 Å². The van der Waals surface area contributed by atoms with Crippen LogP contribution in [0.5, 0.6) is 17.2 Å². The predicted molar refractivity (Wildman–Crippen MR) is 237 cm³/mol. The van der Waals surface area contributed by atoms with Gasteiger partial charge in [-0.05, 0) is 37.0 Å². The van der Waals surface area contributed by atoms with Crippen LogP contribution >= 0.6 is 0 Å². The van der Waals surface area contributed by atoms with Crippen molar-refractivity contribution in [3.63, 3.8) is 0 Å². The summed E-state index contributed by atoms with van der Waals surface area (Å²) in [6, 6.07) is 3.84. The predicted octanol–water partition coefficient (Wildman–Crippen LogP) is 11.9. The minimum absolute atomic E-state index is 0.0324. The highest BCUT2D eigenvalue weighted by Crippen LogP contribution is 2.40. The molecule has 1 aliphatic heterocycles. The molecule has 1 aromatic rings. The largest absolute Gasteiger partial charge is 0.490 e. The lowest BCUT2D eigenvalue weighted by atomic mass is 9.99. The Morgan fingerprint density at radius 3 is 1.16 bits per heavy atom. The zero-order chi connectivity index (χ0) is 41.9. The van der Waals surface area contributed by atoms with E-state index in [4.69, 9.17) is 23.7 Å². The minimum Gasteiger partial charge on any atom is -0.490 e. The molecular formula is C49H90O9. The first-order valence-electron chi connectivity index (χ1n) is 24.4. The second-order valence-corrected chi connectivity index (χ2v) is 17.0. The Bertz CT molecular complexity index is 1020. The summed E-state index contributed by atoms with van der Waals surface area (Å²) in [6.45, 7) is 8.03. The van der Waals surface area contributed by atoms with Crippen LogP contribution in [0.1, 0.15) is 219 Å². The smallest absolute Gasteiger partial charge is 0.203 e. The van der Waals surface area contributed by atoms with Crippen LogP contribution in [0.3, 0.4) is 0 Å². The van der Waals surface area contributed by atoms with Gasteiger partial charge in [0, 0.05) is 0 Å². The van der Waals surface area contributed by atoms with Gasteiger partial charge in [-0.1, -0.05) is 194 Å². The molecule has 1 aliphatic rings. The number of hydrogen-bond donors (Lipinski definition) is 4. The van der Waals surface area contributed by atoms with Crippen molar-refractivity contribution in [2.45, 2.75) is 251 Å². The highest BCUT2D eigenvalue weighted by Gasteiger charge is 2.44. The highest BCUT2D eigenvalue weighted by molar-refractivity contribution is 5.54. The van der Waals surface area contributed by atoms with Gasteiger partial charge in [0.2, 0.25) is 5.75 Å². The van der Waals surface area contributed by atoms with E-state index < -0.39 is 37.3 Å². The van der Waals surface area contributed by atoms with E-state index in [1.54, 1.807) is 0 Å². The van der Waals surface area contributed by atoms with Gasteiger partial charge in [-0.2, -0.15) is 0 Å². The van der Waals surface area contributed by atoms with Crippen LogP contribution < -0.4 is 14.2 Å². The summed E-state index contributed by atoms with van der Waals surface area (Å²) in [5, 5.41) is 40.9. The molecule has 0 aromatic heterocycles. The summed E-state index contributed by atoms with van der Waals surface area (Å²) in [5.41, 5.74) is 0.749. The Balaban J connectivity index is 2.08. The Labute approximate surface area is 355 Å². The molecule has 0 bridgehead atoms. The van der Waals surface area contributed by atoms with E-state index in [2.05, 4.69) is 20.8 Å². The molecular weight excluding hydrogens is 733 g/mol. The second kappa shape index (κ2) is 36.1. The number of rotatable bonds is 40. The van der Waals surface area contributed by atoms with Gasteiger partial charge in [-0.3, -0.25) is 0 Å². The molecule has 0 saturated carbocycles. The third-order valence-electron chi connectivity index (χ3n) is 11.6. The maximum atomic E-state index is 10.6. The fraction of sp³-hybridized carbons (Fsp3) is 0.878. The lowest BCUT2D eigenvalue weighted by Crippen LogP contribution is -2.59. The van der Waals surface area contributed by atoms with Crippen LogP contribution in [-0.2, 0) is 16.1 Å². The van der Waals surface area contributed by atoms with E-state index >= 15 is 0 Å². The molecule has 340 valence electrons. The van der Waals surface area contributed by atoms with Gasteiger partial charge < -0.3 is 44.1 Å². The normalized spacial score (nSPS) is 19.5. The number of ether oxygens (including phenoxy) is 5. The fourth-order valence-electron chi connectivity index (χ4n) is 7.76. The van der Waals surface area contributed by atoms with Crippen molar-refractivity contribution in [3.8, 4) is 17.2 Å². The molecule has 5 atom stereocenters. The summed E-state index contributed by atoms with van der Waals surface area (Å²) in [5.74, 6) is 1.87.